The lowest BCUT2D eigenvalue weighted by Gasteiger charge is -2.20. The van der Waals surface area contributed by atoms with Gasteiger partial charge in [0.05, 0.1) is 18.0 Å². The highest BCUT2D eigenvalue weighted by atomic mass is 32.2. The Kier molecular flexibility index (Phi) is 4.14. The number of nitrogens with zero attached hydrogens (tertiary/aromatic N) is 1. The minimum absolute atomic E-state index is 0.328. The number of hydrogen-bond donors (Lipinski definition) is 3. The van der Waals surface area contributed by atoms with E-state index in [1.54, 1.807) is 13.2 Å². The number of hydrogen-bond acceptors (Lipinski definition) is 6. The van der Waals surface area contributed by atoms with Gasteiger partial charge in [-0.1, -0.05) is 0 Å². The number of aromatic amines is 1. The van der Waals surface area contributed by atoms with E-state index in [1.807, 2.05) is 0 Å². The summed E-state index contributed by atoms with van der Waals surface area (Å²) < 4.78 is 6.76. The second kappa shape index (κ2) is 5.49. The third kappa shape index (κ3) is 2.48. The van der Waals surface area contributed by atoms with Gasteiger partial charge in [0.25, 0.3) is 5.56 Å². The smallest absolute Gasteiger partial charge is 0.330 e. The van der Waals surface area contributed by atoms with Gasteiger partial charge in [-0.05, 0) is 13.2 Å². The number of nitrogens with one attached hydrogen (secondary N) is 1. The van der Waals surface area contributed by atoms with Crippen molar-refractivity contribution in [2.45, 2.75) is 30.6 Å². The molecule has 1 aromatic heterocycles. The SMILES string of the molecule is CSC1[C@@H](O)[C@@H](CO)O[C@H]1n1cc(C)c(=O)[nH]c1=O. The van der Waals surface area contributed by atoms with Crippen LogP contribution in [0, 0.1) is 6.92 Å². The van der Waals surface area contributed by atoms with E-state index in [2.05, 4.69) is 4.98 Å². The van der Waals surface area contributed by atoms with E-state index in [-0.39, 0.29) is 11.9 Å². The summed E-state index contributed by atoms with van der Waals surface area (Å²) in [5.41, 5.74) is -0.658. The molecule has 106 valence electrons. The van der Waals surface area contributed by atoms with Crippen LogP contribution in [0.4, 0.5) is 0 Å². The van der Waals surface area contributed by atoms with E-state index < -0.39 is 29.7 Å². The first-order chi connectivity index (χ1) is 8.99. The Morgan fingerprint density at radius 2 is 2.21 bits per heavy atom. The molecule has 19 heavy (non-hydrogen) atoms. The van der Waals surface area contributed by atoms with Gasteiger partial charge in [0.15, 0.2) is 6.23 Å². The van der Waals surface area contributed by atoms with Crippen molar-refractivity contribution in [1.82, 2.24) is 9.55 Å². The first-order valence-electron chi connectivity index (χ1n) is 5.78. The third-order valence-electron chi connectivity index (χ3n) is 3.18. The zero-order chi connectivity index (χ0) is 14.2. The molecule has 1 aliphatic rings. The average Bonchev–Trinajstić information content (AvgIpc) is 2.70. The van der Waals surface area contributed by atoms with Crippen LogP contribution in [0.3, 0.4) is 0 Å². The summed E-state index contributed by atoms with van der Waals surface area (Å²) in [6.07, 6.45) is 0.866. The summed E-state index contributed by atoms with van der Waals surface area (Å²) in [7, 11) is 0. The fraction of sp³-hybridized carbons (Fsp3) is 0.636. The summed E-state index contributed by atoms with van der Waals surface area (Å²) in [5, 5.41) is 18.8. The van der Waals surface area contributed by atoms with Crippen molar-refractivity contribution in [3.05, 3.63) is 32.6 Å². The van der Waals surface area contributed by atoms with Crippen LogP contribution in [0.1, 0.15) is 11.8 Å². The number of aryl methyl sites for hydroxylation is 1. The van der Waals surface area contributed by atoms with Gasteiger partial charge >= 0.3 is 5.69 Å². The fourth-order valence-electron chi connectivity index (χ4n) is 2.12. The zero-order valence-electron chi connectivity index (χ0n) is 10.6. The van der Waals surface area contributed by atoms with Crippen molar-refractivity contribution < 1.29 is 14.9 Å². The van der Waals surface area contributed by atoms with Crippen LogP contribution in [0.5, 0.6) is 0 Å². The molecule has 1 aromatic rings. The Morgan fingerprint density at radius 1 is 1.53 bits per heavy atom. The Labute approximate surface area is 113 Å². The Morgan fingerprint density at radius 3 is 2.79 bits per heavy atom. The molecule has 0 saturated carbocycles. The van der Waals surface area contributed by atoms with Gasteiger partial charge in [-0.2, -0.15) is 11.8 Å². The molecule has 1 unspecified atom stereocenters. The lowest BCUT2D eigenvalue weighted by atomic mass is 10.2. The largest absolute Gasteiger partial charge is 0.394 e. The van der Waals surface area contributed by atoms with Crippen LogP contribution < -0.4 is 11.2 Å². The maximum Gasteiger partial charge on any atom is 0.330 e. The van der Waals surface area contributed by atoms with Crippen molar-refractivity contribution in [1.29, 1.82) is 0 Å². The van der Waals surface area contributed by atoms with Crippen LogP contribution in [-0.4, -0.2) is 50.1 Å². The molecule has 0 amide bonds. The number of H-pyrrole nitrogens is 1. The van der Waals surface area contributed by atoms with E-state index in [0.717, 1.165) is 0 Å². The molecule has 0 radical (unpaired) electrons. The molecule has 3 N–H and O–H groups in total. The first kappa shape index (κ1) is 14.3. The maximum absolute atomic E-state index is 11.8. The molecule has 0 bridgehead atoms. The normalized spacial score (nSPS) is 30.7. The predicted octanol–water partition coefficient (Wildman–Crippen LogP) is -1.17. The van der Waals surface area contributed by atoms with Crippen molar-refractivity contribution >= 4 is 11.8 Å². The van der Waals surface area contributed by atoms with Crippen LogP contribution >= 0.6 is 11.8 Å². The molecule has 0 spiro atoms. The van der Waals surface area contributed by atoms with E-state index in [1.165, 1.54) is 22.5 Å². The number of rotatable bonds is 3. The molecule has 0 aliphatic carbocycles. The molecular weight excluding hydrogens is 272 g/mol. The second-order valence-corrected chi connectivity index (χ2v) is 5.43. The van der Waals surface area contributed by atoms with Crippen LogP contribution in [0.25, 0.3) is 0 Å². The van der Waals surface area contributed by atoms with E-state index in [0.29, 0.717) is 5.56 Å². The Bertz CT molecular complexity index is 569. The standard InChI is InChI=1S/C11H16N2O5S/c1-5-3-13(11(17)12-9(5)16)10-8(19-2)7(15)6(4-14)18-10/h3,6-8,10,14-15H,4H2,1-2H3,(H,12,16,17)/t6-,7+,8?,10-/m1/s1. The Hall–Kier alpha value is -1.09. The van der Waals surface area contributed by atoms with Gasteiger partial charge in [0.2, 0.25) is 0 Å². The minimum atomic E-state index is -0.871. The molecule has 4 atom stereocenters. The van der Waals surface area contributed by atoms with Gasteiger partial charge in [-0.25, -0.2) is 4.79 Å². The first-order valence-corrected chi connectivity index (χ1v) is 7.07. The highest BCUT2D eigenvalue weighted by Gasteiger charge is 2.44. The summed E-state index contributed by atoms with van der Waals surface area (Å²) >= 11 is 1.34. The van der Waals surface area contributed by atoms with Crippen LogP contribution in [-0.2, 0) is 4.74 Å². The van der Waals surface area contributed by atoms with Gasteiger partial charge in [-0.15, -0.1) is 0 Å². The molecule has 8 heteroatoms. The summed E-state index contributed by atoms with van der Waals surface area (Å²) in [6, 6.07) is 0. The van der Waals surface area contributed by atoms with E-state index in [9.17, 15) is 14.7 Å². The van der Waals surface area contributed by atoms with Gasteiger partial charge < -0.3 is 14.9 Å². The van der Waals surface area contributed by atoms with E-state index >= 15 is 0 Å². The molecule has 7 nitrogen and oxygen atoms in total. The average molecular weight is 288 g/mol. The minimum Gasteiger partial charge on any atom is -0.394 e. The summed E-state index contributed by atoms with van der Waals surface area (Å²) in [6.45, 7) is 1.25. The maximum atomic E-state index is 11.8. The number of aliphatic hydroxyl groups excluding tert-OH is 2. The molecule has 1 saturated heterocycles. The summed E-state index contributed by atoms with van der Waals surface area (Å²) in [4.78, 5) is 25.3. The molecule has 0 aromatic carbocycles. The number of ether oxygens (including phenoxy) is 1. The van der Waals surface area contributed by atoms with Crippen LogP contribution in [0.15, 0.2) is 15.8 Å². The molecular formula is C11H16N2O5S. The van der Waals surface area contributed by atoms with Crippen molar-refractivity contribution in [3.63, 3.8) is 0 Å². The Balaban J connectivity index is 2.44. The number of thioether (sulfide) groups is 1. The zero-order valence-corrected chi connectivity index (χ0v) is 11.4. The molecule has 1 fully saturated rings. The lowest BCUT2D eigenvalue weighted by Crippen LogP contribution is -2.37. The molecule has 2 rings (SSSR count). The van der Waals surface area contributed by atoms with Crippen LogP contribution in [0.2, 0.25) is 0 Å². The van der Waals surface area contributed by atoms with Gasteiger partial charge in [0, 0.05) is 11.8 Å². The highest BCUT2D eigenvalue weighted by Crippen LogP contribution is 2.35. The summed E-state index contributed by atoms with van der Waals surface area (Å²) in [5.74, 6) is 0. The topological polar surface area (TPSA) is 105 Å². The van der Waals surface area contributed by atoms with Crippen molar-refractivity contribution in [2.24, 2.45) is 0 Å². The second-order valence-electron chi connectivity index (χ2n) is 4.42. The van der Waals surface area contributed by atoms with Crippen molar-refractivity contribution in [3.8, 4) is 0 Å². The quantitative estimate of drug-likeness (QED) is 0.647. The van der Waals surface area contributed by atoms with Gasteiger partial charge in [0.1, 0.15) is 6.10 Å². The van der Waals surface area contributed by atoms with E-state index in [4.69, 9.17) is 9.84 Å². The highest BCUT2D eigenvalue weighted by molar-refractivity contribution is 7.99. The predicted molar refractivity (Wildman–Crippen MR) is 70.4 cm³/mol. The van der Waals surface area contributed by atoms with Crippen molar-refractivity contribution in [2.75, 3.05) is 12.9 Å². The van der Waals surface area contributed by atoms with Gasteiger partial charge in [-0.3, -0.25) is 14.3 Å². The molecule has 2 heterocycles. The third-order valence-corrected chi connectivity index (χ3v) is 4.24. The number of aliphatic hydroxyl groups is 2. The lowest BCUT2D eigenvalue weighted by molar-refractivity contribution is -0.0457. The monoisotopic (exact) mass is 288 g/mol. The molecule has 1 aliphatic heterocycles. The number of aromatic nitrogens is 2. The fourth-order valence-corrected chi connectivity index (χ4v) is 3.01.